The summed E-state index contributed by atoms with van der Waals surface area (Å²) in [7, 11) is 0. The van der Waals surface area contributed by atoms with Crippen molar-refractivity contribution >= 4 is 29.5 Å². The lowest BCUT2D eigenvalue weighted by Crippen LogP contribution is -2.55. The third-order valence-corrected chi connectivity index (χ3v) is 5.58. The smallest absolute Gasteiger partial charge is 0.258 e. The normalized spacial score (nSPS) is 17.1. The van der Waals surface area contributed by atoms with Gasteiger partial charge in [-0.25, -0.2) is 0 Å². The second kappa shape index (κ2) is 13.2. The fourth-order valence-corrected chi connectivity index (χ4v) is 3.91. The molecule has 0 bridgehead atoms. The van der Waals surface area contributed by atoms with E-state index in [9.17, 15) is 14.4 Å². The van der Waals surface area contributed by atoms with Gasteiger partial charge >= 0.3 is 0 Å². The number of piperidine rings is 1. The molecule has 7 nitrogen and oxygen atoms in total. The SMILES string of the molecule is CCCC(=O)NC1CCCN(C(=O)C(CCSC)NC(=O)COc2ccccc2)C1. The Bertz CT molecular complexity index is 686. The van der Waals surface area contributed by atoms with Gasteiger partial charge in [0, 0.05) is 25.6 Å². The van der Waals surface area contributed by atoms with Crippen molar-refractivity contribution in [2.75, 3.05) is 31.7 Å². The standard InChI is InChI=1S/C22H33N3O4S/c1-3-8-20(26)23-17-9-7-13-25(15-17)22(28)19(12-14-30-2)24-21(27)16-29-18-10-5-4-6-11-18/h4-6,10-11,17,19H,3,7-9,12-16H2,1-2H3,(H,23,26)(H,24,27). The van der Waals surface area contributed by atoms with E-state index in [1.165, 1.54) is 0 Å². The van der Waals surface area contributed by atoms with E-state index < -0.39 is 6.04 Å². The van der Waals surface area contributed by atoms with Gasteiger partial charge in [0.15, 0.2) is 6.61 Å². The summed E-state index contributed by atoms with van der Waals surface area (Å²) in [5.74, 6) is 0.999. The van der Waals surface area contributed by atoms with Crippen molar-refractivity contribution in [3.05, 3.63) is 30.3 Å². The molecule has 2 unspecified atom stereocenters. The third-order valence-electron chi connectivity index (χ3n) is 4.93. The van der Waals surface area contributed by atoms with E-state index in [1.807, 2.05) is 31.4 Å². The van der Waals surface area contributed by atoms with Crippen LogP contribution in [-0.4, -0.2) is 66.4 Å². The number of ether oxygens (including phenoxy) is 1. The van der Waals surface area contributed by atoms with Crippen molar-refractivity contribution in [1.29, 1.82) is 0 Å². The number of hydrogen-bond acceptors (Lipinski definition) is 5. The van der Waals surface area contributed by atoms with Gasteiger partial charge < -0.3 is 20.3 Å². The van der Waals surface area contributed by atoms with Crippen LogP contribution >= 0.6 is 11.8 Å². The molecule has 0 aromatic heterocycles. The summed E-state index contributed by atoms with van der Waals surface area (Å²) in [4.78, 5) is 39.2. The average molecular weight is 436 g/mol. The number of thioether (sulfide) groups is 1. The summed E-state index contributed by atoms with van der Waals surface area (Å²) in [6.45, 7) is 2.96. The van der Waals surface area contributed by atoms with Crippen molar-refractivity contribution in [3.8, 4) is 5.75 Å². The predicted molar refractivity (Wildman–Crippen MR) is 120 cm³/mol. The Kier molecular flexibility index (Phi) is 10.5. The zero-order chi connectivity index (χ0) is 21.8. The van der Waals surface area contributed by atoms with Crippen LogP contribution in [0.1, 0.15) is 39.0 Å². The van der Waals surface area contributed by atoms with E-state index in [1.54, 1.807) is 28.8 Å². The second-order valence-corrected chi connectivity index (χ2v) is 8.43. The van der Waals surface area contributed by atoms with Crippen molar-refractivity contribution in [2.45, 2.75) is 51.1 Å². The van der Waals surface area contributed by atoms with Crippen molar-refractivity contribution in [3.63, 3.8) is 0 Å². The molecule has 1 fully saturated rings. The predicted octanol–water partition coefficient (Wildman–Crippen LogP) is 2.21. The molecule has 1 saturated heterocycles. The van der Waals surface area contributed by atoms with Crippen LogP contribution in [0.2, 0.25) is 0 Å². The summed E-state index contributed by atoms with van der Waals surface area (Å²) in [6.07, 6.45) is 5.53. The third kappa shape index (κ3) is 8.26. The Morgan fingerprint density at radius 2 is 2.00 bits per heavy atom. The van der Waals surface area contributed by atoms with Crippen LogP contribution in [-0.2, 0) is 14.4 Å². The molecule has 1 aromatic rings. The molecule has 0 spiro atoms. The highest BCUT2D eigenvalue weighted by molar-refractivity contribution is 7.98. The van der Waals surface area contributed by atoms with Crippen molar-refractivity contribution in [1.82, 2.24) is 15.5 Å². The molecule has 30 heavy (non-hydrogen) atoms. The van der Waals surface area contributed by atoms with Crippen LogP contribution in [0.5, 0.6) is 5.75 Å². The minimum atomic E-state index is -0.589. The Balaban J connectivity index is 1.91. The summed E-state index contributed by atoms with van der Waals surface area (Å²) < 4.78 is 5.49. The van der Waals surface area contributed by atoms with Gasteiger partial charge in [-0.2, -0.15) is 11.8 Å². The Hall–Kier alpha value is -2.22. The maximum Gasteiger partial charge on any atom is 0.258 e. The molecule has 166 valence electrons. The molecular formula is C22H33N3O4S. The molecule has 8 heteroatoms. The van der Waals surface area contributed by atoms with E-state index in [-0.39, 0.29) is 30.4 Å². The number of para-hydroxylation sites is 1. The topological polar surface area (TPSA) is 87.7 Å². The number of amides is 3. The fourth-order valence-electron chi connectivity index (χ4n) is 3.44. The zero-order valence-electron chi connectivity index (χ0n) is 17.9. The highest BCUT2D eigenvalue weighted by Gasteiger charge is 2.30. The molecule has 1 heterocycles. The van der Waals surface area contributed by atoms with Gasteiger partial charge in [0.2, 0.25) is 11.8 Å². The van der Waals surface area contributed by atoms with Crippen LogP contribution in [0.4, 0.5) is 0 Å². The van der Waals surface area contributed by atoms with Crippen molar-refractivity contribution < 1.29 is 19.1 Å². The van der Waals surface area contributed by atoms with Crippen LogP contribution in [0.25, 0.3) is 0 Å². The molecule has 0 saturated carbocycles. The summed E-state index contributed by atoms with van der Waals surface area (Å²) in [5, 5.41) is 5.86. The van der Waals surface area contributed by atoms with Gasteiger partial charge in [0.1, 0.15) is 11.8 Å². The second-order valence-electron chi connectivity index (χ2n) is 7.44. The number of likely N-dealkylation sites (tertiary alicyclic amines) is 1. The molecule has 1 aliphatic heterocycles. The summed E-state index contributed by atoms with van der Waals surface area (Å²) in [5.41, 5.74) is 0. The molecule has 2 N–H and O–H groups in total. The van der Waals surface area contributed by atoms with Crippen LogP contribution < -0.4 is 15.4 Å². The molecule has 2 atom stereocenters. The Labute approximate surface area is 183 Å². The lowest BCUT2D eigenvalue weighted by atomic mass is 10.0. The van der Waals surface area contributed by atoms with Gasteiger partial charge in [-0.1, -0.05) is 25.1 Å². The zero-order valence-corrected chi connectivity index (χ0v) is 18.7. The fraction of sp³-hybridized carbons (Fsp3) is 0.591. The van der Waals surface area contributed by atoms with Crippen molar-refractivity contribution in [2.24, 2.45) is 0 Å². The number of nitrogens with one attached hydrogen (secondary N) is 2. The first-order valence-electron chi connectivity index (χ1n) is 10.6. The number of carbonyl (C=O) groups is 3. The first kappa shape index (κ1) is 24.1. The number of carbonyl (C=O) groups excluding carboxylic acids is 3. The lowest BCUT2D eigenvalue weighted by Gasteiger charge is -2.35. The lowest BCUT2D eigenvalue weighted by molar-refractivity contribution is -0.138. The van der Waals surface area contributed by atoms with E-state index in [4.69, 9.17) is 4.74 Å². The number of rotatable bonds is 11. The highest BCUT2D eigenvalue weighted by Crippen LogP contribution is 2.14. The van der Waals surface area contributed by atoms with Gasteiger partial charge in [0.05, 0.1) is 0 Å². The largest absolute Gasteiger partial charge is 0.484 e. The van der Waals surface area contributed by atoms with E-state index in [0.717, 1.165) is 25.0 Å². The van der Waals surface area contributed by atoms with Crippen LogP contribution in [0, 0.1) is 0 Å². The molecule has 3 amide bonds. The molecule has 0 aliphatic carbocycles. The number of benzene rings is 1. The Morgan fingerprint density at radius 3 is 2.70 bits per heavy atom. The van der Waals surface area contributed by atoms with Crippen LogP contribution in [0.3, 0.4) is 0 Å². The molecule has 1 aliphatic rings. The van der Waals surface area contributed by atoms with E-state index in [0.29, 0.717) is 31.7 Å². The quantitative estimate of drug-likeness (QED) is 0.556. The molecular weight excluding hydrogens is 402 g/mol. The van der Waals surface area contributed by atoms with Gasteiger partial charge in [-0.3, -0.25) is 14.4 Å². The van der Waals surface area contributed by atoms with Gasteiger partial charge in [0.25, 0.3) is 5.91 Å². The minimum Gasteiger partial charge on any atom is -0.484 e. The first-order valence-corrected chi connectivity index (χ1v) is 12.0. The Morgan fingerprint density at radius 1 is 1.23 bits per heavy atom. The minimum absolute atomic E-state index is 0.0277. The number of nitrogens with zero attached hydrogens (tertiary/aromatic N) is 1. The maximum absolute atomic E-state index is 13.1. The van der Waals surface area contributed by atoms with Gasteiger partial charge in [-0.05, 0) is 49.8 Å². The molecule has 2 rings (SSSR count). The monoisotopic (exact) mass is 435 g/mol. The molecule has 1 aromatic carbocycles. The van der Waals surface area contributed by atoms with E-state index >= 15 is 0 Å². The van der Waals surface area contributed by atoms with Gasteiger partial charge in [-0.15, -0.1) is 0 Å². The first-order chi connectivity index (χ1) is 14.5. The van der Waals surface area contributed by atoms with E-state index in [2.05, 4.69) is 10.6 Å². The summed E-state index contributed by atoms with van der Waals surface area (Å²) in [6, 6.07) is 8.50. The average Bonchev–Trinajstić information content (AvgIpc) is 2.75. The van der Waals surface area contributed by atoms with Crippen LogP contribution in [0.15, 0.2) is 30.3 Å². The maximum atomic E-state index is 13.1. The summed E-state index contributed by atoms with van der Waals surface area (Å²) >= 11 is 1.64. The number of hydrogen-bond donors (Lipinski definition) is 2. The highest BCUT2D eigenvalue weighted by atomic mass is 32.2. The molecule has 0 radical (unpaired) electrons.